The average molecular weight is 156 g/mol. The Labute approximate surface area is 64.4 Å². The van der Waals surface area contributed by atoms with E-state index < -0.39 is 0 Å². The zero-order valence-electron chi connectivity index (χ0n) is 5.80. The molecule has 0 aliphatic carbocycles. The Morgan fingerprint density at radius 1 is 1.40 bits per heavy atom. The summed E-state index contributed by atoms with van der Waals surface area (Å²) < 4.78 is 12.8. The lowest BCUT2D eigenvalue weighted by atomic mass is 10.2. The monoisotopic (exact) mass is 156 g/mol. The van der Waals surface area contributed by atoms with Crippen LogP contribution in [0.2, 0.25) is 0 Å². The van der Waals surface area contributed by atoms with Crippen molar-refractivity contribution in [3.8, 4) is 0 Å². The van der Waals surface area contributed by atoms with Gasteiger partial charge in [-0.1, -0.05) is 18.2 Å². The summed E-state index contributed by atoms with van der Waals surface area (Å²) in [5, 5.41) is 0. The highest BCUT2D eigenvalue weighted by atomic mass is 32.2. The average Bonchev–Trinajstić information content (AvgIpc) is 1.94. The van der Waals surface area contributed by atoms with Gasteiger partial charge in [0.15, 0.2) is 0 Å². The number of benzene rings is 1. The Balaban J connectivity index is 2.81. The largest absolute Gasteiger partial charge is 0.207 e. The second-order valence-electron chi connectivity index (χ2n) is 2.02. The molecule has 0 spiro atoms. The molecule has 1 rings (SSSR count). The van der Waals surface area contributed by atoms with Gasteiger partial charge in [-0.05, 0) is 17.9 Å². The van der Waals surface area contributed by atoms with Crippen LogP contribution >= 0.6 is 11.8 Å². The van der Waals surface area contributed by atoms with Crippen LogP contribution in [0.3, 0.4) is 0 Å². The van der Waals surface area contributed by atoms with Crippen molar-refractivity contribution < 1.29 is 4.39 Å². The molecular weight excluding hydrogens is 147 g/mol. The van der Waals surface area contributed by atoms with Crippen molar-refractivity contribution in [1.82, 2.24) is 0 Å². The quantitative estimate of drug-likeness (QED) is 0.634. The number of thioether (sulfide) groups is 1. The Morgan fingerprint density at radius 2 is 2.10 bits per heavy atom. The summed E-state index contributed by atoms with van der Waals surface area (Å²) >= 11 is 1.63. The maximum atomic E-state index is 12.8. The molecule has 1 aromatic carbocycles. The molecular formula is C8H9FS. The van der Waals surface area contributed by atoms with Gasteiger partial charge in [0.25, 0.3) is 0 Å². The minimum absolute atomic E-state index is 0.100. The molecule has 0 N–H and O–H groups in total. The summed E-state index contributed by atoms with van der Waals surface area (Å²) in [5.41, 5.74) is 0.787. The first-order valence-electron chi connectivity index (χ1n) is 3.07. The third-order valence-corrected chi connectivity index (χ3v) is 1.86. The van der Waals surface area contributed by atoms with Crippen molar-refractivity contribution in [2.75, 3.05) is 6.26 Å². The van der Waals surface area contributed by atoms with Gasteiger partial charge >= 0.3 is 0 Å². The molecule has 0 radical (unpaired) electrons. The van der Waals surface area contributed by atoms with Crippen molar-refractivity contribution in [3.63, 3.8) is 0 Å². The summed E-state index contributed by atoms with van der Waals surface area (Å²) in [6.45, 7) is 0. The molecule has 0 atom stereocenters. The summed E-state index contributed by atoms with van der Waals surface area (Å²) in [4.78, 5) is 0. The zero-order valence-corrected chi connectivity index (χ0v) is 6.62. The van der Waals surface area contributed by atoms with Crippen molar-refractivity contribution >= 4 is 11.8 Å². The predicted octanol–water partition coefficient (Wildman–Crippen LogP) is 2.69. The lowest BCUT2D eigenvalue weighted by Gasteiger charge is -1.97. The fraction of sp³-hybridized carbons (Fsp3) is 0.250. The molecule has 0 bridgehead atoms. The van der Waals surface area contributed by atoms with E-state index in [1.165, 1.54) is 6.07 Å². The highest BCUT2D eigenvalue weighted by molar-refractivity contribution is 7.97. The Morgan fingerprint density at radius 3 is 2.70 bits per heavy atom. The smallest absolute Gasteiger partial charge is 0.127 e. The van der Waals surface area contributed by atoms with Crippen LogP contribution < -0.4 is 0 Å². The first-order valence-corrected chi connectivity index (χ1v) is 4.46. The molecule has 0 heterocycles. The Hall–Kier alpha value is -0.500. The van der Waals surface area contributed by atoms with Crippen LogP contribution in [0.1, 0.15) is 5.56 Å². The van der Waals surface area contributed by atoms with E-state index in [4.69, 9.17) is 0 Å². The van der Waals surface area contributed by atoms with Crippen LogP contribution in [-0.4, -0.2) is 6.26 Å². The van der Waals surface area contributed by atoms with E-state index in [0.29, 0.717) is 0 Å². The molecule has 0 nitrogen and oxygen atoms in total. The van der Waals surface area contributed by atoms with Crippen LogP contribution in [-0.2, 0) is 5.75 Å². The zero-order chi connectivity index (χ0) is 7.40. The first kappa shape index (κ1) is 7.61. The van der Waals surface area contributed by atoms with Gasteiger partial charge in [-0.2, -0.15) is 11.8 Å². The van der Waals surface area contributed by atoms with E-state index in [1.807, 2.05) is 18.4 Å². The van der Waals surface area contributed by atoms with Gasteiger partial charge in [0.05, 0.1) is 0 Å². The van der Waals surface area contributed by atoms with Crippen molar-refractivity contribution in [2.24, 2.45) is 0 Å². The molecule has 1 aromatic rings. The summed E-state index contributed by atoms with van der Waals surface area (Å²) in [6.07, 6.45) is 1.96. The van der Waals surface area contributed by atoms with Crippen LogP contribution in [0.25, 0.3) is 0 Å². The fourth-order valence-corrected chi connectivity index (χ4v) is 1.32. The topological polar surface area (TPSA) is 0 Å². The van der Waals surface area contributed by atoms with Crippen molar-refractivity contribution in [1.29, 1.82) is 0 Å². The van der Waals surface area contributed by atoms with E-state index >= 15 is 0 Å². The fourth-order valence-electron chi connectivity index (χ4n) is 0.771. The lowest BCUT2D eigenvalue weighted by Crippen LogP contribution is -1.84. The molecule has 0 amide bonds. The second kappa shape index (κ2) is 3.62. The van der Waals surface area contributed by atoms with Crippen molar-refractivity contribution in [3.05, 3.63) is 35.6 Å². The summed E-state index contributed by atoms with van der Waals surface area (Å²) in [5.74, 6) is 0.656. The molecule has 0 fully saturated rings. The molecule has 10 heavy (non-hydrogen) atoms. The SMILES string of the molecule is CSCc1ccccc1F. The van der Waals surface area contributed by atoms with Crippen LogP contribution in [0.5, 0.6) is 0 Å². The Bertz CT molecular complexity index is 210. The normalized spacial score (nSPS) is 9.80. The highest BCUT2D eigenvalue weighted by Crippen LogP contribution is 2.12. The van der Waals surface area contributed by atoms with E-state index in [1.54, 1.807) is 17.8 Å². The summed E-state index contributed by atoms with van der Waals surface area (Å²) in [6, 6.07) is 6.87. The minimum Gasteiger partial charge on any atom is -0.207 e. The standard InChI is InChI=1S/C8H9FS/c1-10-6-7-4-2-3-5-8(7)9/h2-5H,6H2,1H3. The van der Waals surface area contributed by atoms with Gasteiger partial charge in [0, 0.05) is 5.75 Å². The lowest BCUT2D eigenvalue weighted by molar-refractivity contribution is 0.617. The molecule has 54 valence electrons. The molecule has 0 aliphatic rings. The Kier molecular flexibility index (Phi) is 2.75. The molecule has 0 saturated heterocycles. The van der Waals surface area contributed by atoms with Crippen molar-refractivity contribution in [2.45, 2.75) is 5.75 Å². The van der Waals surface area contributed by atoms with Gasteiger partial charge in [-0.3, -0.25) is 0 Å². The van der Waals surface area contributed by atoms with Gasteiger partial charge in [0.1, 0.15) is 5.82 Å². The minimum atomic E-state index is -0.100. The highest BCUT2D eigenvalue weighted by Gasteiger charge is 1.96. The number of hydrogen-bond acceptors (Lipinski definition) is 1. The molecule has 0 saturated carbocycles. The maximum absolute atomic E-state index is 12.8. The molecule has 0 aromatic heterocycles. The molecule has 0 aliphatic heterocycles. The third-order valence-electron chi connectivity index (χ3n) is 1.26. The van der Waals surface area contributed by atoms with Crippen LogP contribution in [0.4, 0.5) is 4.39 Å². The van der Waals surface area contributed by atoms with Gasteiger partial charge in [-0.15, -0.1) is 0 Å². The van der Waals surface area contributed by atoms with Gasteiger partial charge in [-0.25, -0.2) is 4.39 Å². The second-order valence-corrected chi connectivity index (χ2v) is 2.89. The summed E-state index contributed by atoms with van der Waals surface area (Å²) in [7, 11) is 0. The van der Waals surface area contributed by atoms with E-state index in [2.05, 4.69) is 0 Å². The van der Waals surface area contributed by atoms with Crippen LogP contribution in [0.15, 0.2) is 24.3 Å². The molecule has 0 unspecified atom stereocenters. The van der Waals surface area contributed by atoms with Crippen LogP contribution in [0, 0.1) is 5.82 Å². The molecule has 2 heteroatoms. The van der Waals surface area contributed by atoms with Gasteiger partial charge in [0.2, 0.25) is 0 Å². The maximum Gasteiger partial charge on any atom is 0.127 e. The number of hydrogen-bond donors (Lipinski definition) is 0. The number of halogens is 1. The first-order chi connectivity index (χ1) is 4.84. The van der Waals surface area contributed by atoms with Gasteiger partial charge < -0.3 is 0 Å². The third kappa shape index (κ3) is 1.74. The number of rotatable bonds is 2. The van der Waals surface area contributed by atoms with E-state index in [-0.39, 0.29) is 5.82 Å². The van der Waals surface area contributed by atoms with E-state index in [9.17, 15) is 4.39 Å². The van der Waals surface area contributed by atoms with E-state index in [0.717, 1.165) is 11.3 Å². The predicted molar refractivity (Wildman–Crippen MR) is 43.6 cm³/mol.